The zero-order valence-electron chi connectivity index (χ0n) is 14.4. The lowest BCUT2D eigenvalue weighted by Crippen LogP contribution is -2.16. The van der Waals surface area contributed by atoms with Crippen molar-refractivity contribution in [3.05, 3.63) is 95.6 Å². The highest BCUT2D eigenvalue weighted by atomic mass is 14.9. The van der Waals surface area contributed by atoms with Crippen molar-refractivity contribution in [2.45, 2.75) is 0 Å². The van der Waals surface area contributed by atoms with Gasteiger partial charge in [-0.3, -0.25) is 4.99 Å². The normalized spacial score (nSPS) is 11.8. The molecule has 0 aliphatic rings. The molecule has 0 fully saturated rings. The third-order valence-electron chi connectivity index (χ3n) is 3.98. The van der Waals surface area contributed by atoms with E-state index >= 15 is 0 Å². The van der Waals surface area contributed by atoms with Gasteiger partial charge in [-0.15, -0.1) is 0 Å². The zero-order chi connectivity index (χ0) is 18.4. The van der Waals surface area contributed by atoms with Crippen molar-refractivity contribution in [2.75, 3.05) is 7.05 Å². The lowest BCUT2D eigenvalue weighted by Gasteiger charge is -2.07. The number of rotatable bonds is 3. The molecular weight excluding hydrogens is 320 g/mol. The molecule has 2 N–H and O–H groups in total. The van der Waals surface area contributed by atoms with Gasteiger partial charge in [-0.1, -0.05) is 60.7 Å². The van der Waals surface area contributed by atoms with Crippen LogP contribution in [-0.4, -0.2) is 18.7 Å². The Morgan fingerprint density at radius 3 is 2.19 bits per heavy atom. The van der Waals surface area contributed by atoms with Gasteiger partial charge < -0.3 is 5.73 Å². The molecule has 0 amide bonds. The second kappa shape index (κ2) is 7.91. The number of amidine groups is 2. The van der Waals surface area contributed by atoms with E-state index in [0.29, 0.717) is 17.2 Å². The maximum atomic E-state index is 8.93. The molecule has 126 valence electrons. The molecule has 0 aromatic heterocycles. The van der Waals surface area contributed by atoms with Crippen LogP contribution < -0.4 is 5.73 Å². The van der Waals surface area contributed by atoms with E-state index in [2.05, 4.69) is 16.1 Å². The zero-order valence-corrected chi connectivity index (χ0v) is 14.4. The van der Waals surface area contributed by atoms with Crippen molar-refractivity contribution in [3.8, 4) is 17.2 Å². The number of benzene rings is 3. The maximum absolute atomic E-state index is 8.93. The number of nitrogens with two attached hydrogens (primary N) is 1. The highest BCUT2D eigenvalue weighted by Gasteiger charge is 2.06. The van der Waals surface area contributed by atoms with Crippen LogP contribution in [-0.2, 0) is 0 Å². The van der Waals surface area contributed by atoms with Crippen molar-refractivity contribution in [2.24, 2.45) is 15.7 Å². The smallest absolute Gasteiger partial charge is 0.156 e. The lowest BCUT2D eigenvalue weighted by molar-refractivity contribution is 1.37. The van der Waals surface area contributed by atoms with Crippen LogP contribution in [0.15, 0.2) is 88.8 Å². The van der Waals surface area contributed by atoms with E-state index in [1.54, 1.807) is 7.05 Å². The molecule has 4 nitrogen and oxygen atoms in total. The first-order valence-corrected chi connectivity index (χ1v) is 8.18. The van der Waals surface area contributed by atoms with Gasteiger partial charge in [-0.25, -0.2) is 4.99 Å². The van der Waals surface area contributed by atoms with Crippen LogP contribution in [0.2, 0.25) is 0 Å². The van der Waals surface area contributed by atoms with Crippen LogP contribution in [0.5, 0.6) is 0 Å². The first kappa shape index (κ1) is 17.1. The van der Waals surface area contributed by atoms with Gasteiger partial charge in [-0.05, 0) is 29.3 Å². The molecule has 0 aliphatic carbocycles. The molecule has 3 aromatic rings. The van der Waals surface area contributed by atoms with E-state index in [-0.39, 0.29) is 0 Å². The van der Waals surface area contributed by atoms with Crippen molar-refractivity contribution in [1.29, 1.82) is 5.26 Å². The largest absolute Gasteiger partial charge is 0.383 e. The molecule has 0 aliphatic heterocycles. The van der Waals surface area contributed by atoms with Gasteiger partial charge in [0.1, 0.15) is 5.84 Å². The summed E-state index contributed by atoms with van der Waals surface area (Å²) < 4.78 is 0. The minimum absolute atomic E-state index is 0.426. The Morgan fingerprint density at radius 2 is 1.54 bits per heavy atom. The van der Waals surface area contributed by atoms with Crippen molar-refractivity contribution in [1.82, 2.24) is 0 Å². The second-order valence-corrected chi connectivity index (χ2v) is 5.68. The summed E-state index contributed by atoms with van der Waals surface area (Å²) in [4.78, 5) is 8.79. The Balaban J connectivity index is 1.94. The Hall–Kier alpha value is -3.71. The van der Waals surface area contributed by atoms with Gasteiger partial charge in [0.2, 0.25) is 0 Å². The predicted molar refractivity (Wildman–Crippen MR) is 106 cm³/mol. The maximum Gasteiger partial charge on any atom is 0.156 e. The summed E-state index contributed by atoms with van der Waals surface area (Å²) in [6, 6.07) is 27.2. The minimum atomic E-state index is 0.426. The Kier molecular flexibility index (Phi) is 5.21. The summed E-state index contributed by atoms with van der Waals surface area (Å²) >= 11 is 0. The van der Waals surface area contributed by atoms with Crippen LogP contribution in [0.3, 0.4) is 0 Å². The Morgan fingerprint density at radius 1 is 0.846 bits per heavy atom. The SMILES string of the molecule is CN=C(N=C(N)c1ccccc1)c1cccc(-c2ccc(C#N)cc2)c1. The van der Waals surface area contributed by atoms with Crippen LogP contribution in [0, 0.1) is 11.3 Å². The summed E-state index contributed by atoms with van der Waals surface area (Å²) in [7, 11) is 1.70. The van der Waals surface area contributed by atoms with Gasteiger partial charge in [0.05, 0.1) is 11.6 Å². The van der Waals surface area contributed by atoms with E-state index in [4.69, 9.17) is 11.0 Å². The highest BCUT2D eigenvalue weighted by molar-refractivity contribution is 6.11. The number of hydrogen-bond donors (Lipinski definition) is 1. The Bertz CT molecular complexity index is 994. The molecule has 3 aromatic carbocycles. The van der Waals surface area contributed by atoms with Crippen LogP contribution in [0.1, 0.15) is 16.7 Å². The fourth-order valence-electron chi connectivity index (χ4n) is 2.61. The summed E-state index contributed by atoms with van der Waals surface area (Å²) in [6.45, 7) is 0. The average molecular weight is 338 g/mol. The molecule has 0 unspecified atom stereocenters. The molecule has 0 saturated carbocycles. The summed E-state index contributed by atoms with van der Waals surface area (Å²) in [5.74, 6) is 0.997. The lowest BCUT2D eigenvalue weighted by atomic mass is 10.0. The van der Waals surface area contributed by atoms with Crippen molar-refractivity contribution < 1.29 is 0 Å². The first-order chi connectivity index (χ1) is 12.7. The van der Waals surface area contributed by atoms with Crippen LogP contribution in [0.4, 0.5) is 0 Å². The Labute approximate surface area is 153 Å². The summed E-state index contributed by atoms with van der Waals surface area (Å²) in [6.07, 6.45) is 0. The quantitative estimate of drug-likeness (QED) is 0.579. The minimum Gasteiger partial charge on any atom is -0.383 e. The van der Waals surface area contributed by atoms with E-state index < -0.39 is 0 Å². The standard InChI is InChI=1S/C22H18N4/c1-25-22(26-21(24)18-6-3-2-4-7-18)20-9-5-8-19(14-20)17-12-10-16(15-23)11-13-17/h2-14H,1H3,(H2,24,25,26). The molecule has 0 radical (unpaired) electrons. The fraction of sp³-hybridized carbons (Fsp3) is 0.0455. The number of nitrogens with zero attached hydrogens (tertiary/aromatic N) is 3. The molecule has 0 heterocycles. The fourth-order valence-corrected chi connectivity index (χ4v) is 2.61. The third kappa shape index (κ3) is 3.85. The average Bonchev–Trinajstić information content (AvgIpc) is 2.72. The van der Waals surface area contributed by atoms with Crippen molar-refractivity contribution >= 4 is 11.7 Å². The molecular formula is C22H18N4. The van der Waals surface area contributed by atoms with Crippen molar-refractivity contribution in [3.63, 3.8) is 0 Å². The van der Waals surface area contributed by atoms with Crippen LogP contribution >= 0.6 is 0 Å². The topological polar surface area (TPSA) is 74.5 Å². The highest BCUT2D eigenvalue weighted by Crippen LogP contribution is 2.21. The molecule has 0 atom stereocenters. The van der Waals surface area contributed by atoms with Gasteiger partial charge in [0, 0.05) is 18.2 Å². The molecule has 0 saturated heterocycles. The number of aliphatic imine (C=N–C) groups is 2. The van der Waals surface area contributed by atoms with Gasteiger partial charge in [-0.2, -0.15) is 5.26 Å². The van der Waals surface area contributed by atoms with E-state index in [1.807, 2.05) is 78.9 Å². The van der Waals surface area contributed by atoms with Gasteiger partial charge >= 0.3 is 0 Å². The van der Waals surface area contributed by atoms with E-state index in [9.17, 15) is 0 Å². The van der Waals surface area contributed by atoms with Crippen LogP contribution in [0.25, 0.3) is 11.1 Å². The van der Waals surface area contributed by atoms with Gasteiger partial charge in [0.15, 0.2) is 5.84 Å². The van der Waals surface area contributed by atoms with E-state index in [1.165, 1.54) is 0 Å². The molecule has 26 heavy (non-hydrogen) atoms. The molecule has 0 spiro atoms. The first-order valence-electron chi connectivity index (χ1n) is 8.18. The summed E-state index contributed by atoms with van der Waals surface area (Å²) in [5.41, 5.74) is 10.6. The number of hydrogen-bond acceptors (Lipinski definition) is 2. The number of nitriles is 1. The van der Waals surface area contributed by atoms with Gasteiger partial charge in [0.25, 0.3) is 0 Å². The summed E-state index contributed by atoms with van der Waals surface area (Å²) in [5, 5.41) is 8.93. The molecule has 4 heteroatoms. The second-order valence-electron chi connectivity index (χ2n) is 5.68. The predicted octanol–water partition coefficient (Wildman–Crippen LogP) is 4.01. The molecule has 0 bridgehead atoms. The molecule has 3 rings (SSSR count). The van der Waals surface area contributed by atoms with E-state index in [0.717, 1.165) is 22.3 Å². The monoisotopic (exact) mass is 338 g/mol. The third-order valence-corrected chi connectivity index (χ3v) is 3.98.